The van der Waals surface area contributed by atoms with Crippen LogP contribution in [-0.4, -0.2) is 61.0 Å². The van der Waals surface area contributed by atoms with Crippen molar-refractivity contribution in [1.29, 1.82) is 0 Å². The van der Waals surface area contributed by atoms with E-state index in [9.17, 15) is 9.59 Å². The molecule has 3 aliphatic rings. The van der Waals surface area contributed by atoms with Crippen LogP contribution in [0, 0.1) is 11.8 Å². The summed E-state index contributed by atoms with van der Waals surface area (Å²) in [6, 6.07) is 2.05. The number of thiophene rings is 1. The highest BCUT2D eigenvalue weighted by Crippen LogP contribution is 2.34. The highest BCUT2D eigenvalue weighted by molar-refractivity contribution is 7.14. The van der Waals surface area contributed by atoms with Gasteiger partial charge < -0.3 is 14.5 Å². The van der Waals surface area contributed by atoms with Crippen LogP contribution in [-0.2, 0) is 22.4 Å². The number of likely N-dealkylation sites (tertiary alicyclic amines) is 1. The van der Waals surface area contributed by atoms with Gasteiger partial charge in [0.1, 0.15) is 0 Å². The molecular formula is C20H28N2O3S. The fourth-order valence-corrected chi connectivity index (χ4v) is 5.43. The summed E-state index contributed by atoms with van der Waals surface area (Å²) in [5.41, 5.74) is 1.22. The molecule has 0 bridgehead atoms. The molecule has 2 fully saturated rings. The second-order valence-corrected chi connectivity index (χ2v) is 9.05. The molecule has 1 atom stereocenters. The molecule has 26 heavy (non-hydrogen) atoms. The molecule has 0 aromatic carbocycles. The summed E-state index contributed by atoms with van der Waals surface area (Å²) in [5.74, 6) is 1.29. The first-order valence-electron chi connectivity index (χ1n) is 9.89. The molecule has 0 N–H and O–H groups in total. The van der Waals surface area contributed by atoms with Crippen molar-refractivity contribution in [1.82, 2.24) is 9.80 Å². The Hall–Kier alpha value is -1.40. The Morgan fingerprint density at radius 2 is 1.81 bits per heavy atom. The minimum absolute atomic E-state index is 0.0943. The lowest BCUT2D eigenvalue weighted by atomic mass is 9.86. The van der Waals surface area contributed by atoms with Crippen LogP contribution >= 0.6 is 11.3 Å². The quantitative estimate of drug-likeness (QED) is 0.797. The first-order valence-corrected chi connectivity index (χ1v) is 10.7. The minimum atomic E-state index is 0.0943. The molecule has 142 valence electrons. The van der Waals surface area contributed by atoms with Crippen LogP contribution in [0.1, 0.15) is 46.3 Å². The average Bonchev–Trinajstić information content (AvgIpc) is 3.11. The smallest absolute Gasteiger partial charge is 0.264 e. The number of rotatable bonds is 2. The van der Waals surface area contributed by atoms with E-state index in [1.165, 1.54) is 10.4 Å². The van der Waals surface area contributed by atoms with Crippen molar-refractivity contribution in [2.24, 2.45) is 11.8 Å². The number of carbonyl (C=O) groups excluding carboxylic acids is 2. The normalized spacial score (nSPS) is 24.4. The van der Waals surface area contributed by atoms with Crippen LogP contribution in [0.4, 0.5) is 0 Å². The van der Waals surface area contributed by atoms with Gasteiger partial charge in [0.2, 0.25) is 5.91 Å². The van der Waals surface area contributed by atoms with Gasteiger partial charge in [-0.15, -0.1) is 11.3 Å². The lowest BCUT2D eigenvalue weighted by Crippen LogP contribution is -2.42. The van der Waals surface area contributed by atoms with Gasteiger partial charge in [0, 0.05) is 37.0 Å². The molecule has 5 nitrogen and oxygen atoms in total. The number of hydrogen-bond donors (Lipinski definition) is 0. The molecular weight excluding hydrogens is 348 g/mol. The summed E-state index contributed by atoms with van der Waals surface area (Å²) in [6.45, 7) is 6.70. The monoisotopic (exact) mass is 376 g/mol. The van der Waals surface area contributed by atoms with E-state index in [-0.39, 0.29) is 11.8 Å². The van der Waals surface area contributed by atoms with Gasteiger partial charge in [0.15, 0.2) is 0 Å². The number of aryl methyl sites for hydroxylation is 1. The molecule has 0 radical (unpaired) electrons. The maximum atomic E-state index is 12.9. The van der Waals surface area contributed by atoms with E-state index in [0.29, 0.717) is 32.2 Å². The molecule has 1 aromatic rings. The first kappa shape index (κ1) is 18.0. The van der Waals surface area contributed by atoms with Crippen LogP contribution in [0.5, 0.6) is 0 Å². The van der Waals surface area contributed by atoms with Gasteiger partial charge in [-0.25, -0.2) is 0 Å². The van der Waals surface area contributed by atoms with Crippen molar-refractivity contribution >= 4 is 23.2 Å². The highest BCUT2D eigenvalue weighted by atomic mass is 32.1. The SMILES string of the molecule is CC1CCN(C(=O)C2CCc3sc(C(=O)N4CCOCC4)cc3C2)CC1. The van der Waals surface area contributed by atoms with Crippen molar-refractivity contribution in [3.63, 3.8) is 0 Å². The Morgan fingerprint density at radius 3 is 2.54 bits per heavy atom. The predicted octanol–water partition coefficient (Wildman–Crippen LogP) is 2.58. The predicted molar refractivity (Wildman–Crippen MR) is 102 cm³/mol. The Labute approximate surface area is 159 Å². The number of amides is 2. The summed E-state index contributed by atoms with van der Waals surface area (Å²) in [5, 5.41) is 0. The van der Waals surface area contributed by atoms with Gasteiger partial charge in [-0.2, -0.15) is 0 Å². The molecule has 2 amide bonds. The summed E-state index contributed by atoms with van der Waals surface area (Å²) in [7, 11) is 0. The first-order chi connectivity index (χ1) is 12.6. The number of nitrogens with zero attached hydrogens (tertiary/aromatic N) is 2. The zero-order chi connectivity index (χ0) is 18.1. The third kappa shape index (κ3) is 3.67. The van der Waals surface area contributed by atoms with E-state index in [0.717, 1.165) is 56.0 Å². The Kier molecular flexibility index (Phi) is 5.32. The number of piperidine rings is 1. The largest absolute Gasteiger partial charge is 0.378 e. The maximum absolute atomic E-state index is 12.9. The molecule has 2 aliphatic heterocycles. The van der Waals surface area contributed by atoms with Crippen molar-refractivity contribution in [3.8, 4) is 0 Å². The molecule has 6 heteroatoms. The Morgan fingerprint density at radius 1 is 1.08 bits per heavy atom. The molecule has 1 aliphatic carbocycles. The van der Waals surface area contributed by atoms with E-state index >= 15 is 0 Å². The highest BCUT2D eigenvalue weighted by Gasteiger charge is 2.32. The van der Waals surface area contributed by atoms with Crippen molar-refractivity contribution in [2.75, 3.05) is 39.4 Å². The lowest BCUT2D eigenvalue weighted by Gasteiger charge is -2.34. The third-order valence-corrected chi connectivity index (χ3v) is 7.26. The second kappa shape index (κ2) is 7.69. The Balaban J connectivity index is 1.41. The van der Waals surface area contributed by atoms with E-state index in [1.807, 2.05) is 4.90 Å². The van der Waals surface area contributed by atoms with E-state index < -0.39 is 0 Å². The van der Waals surface area contributed by atoms with Crippen LogP contribution in [0.3, 0.4) is 0 Å². The van der Waals surface area contributed by atoms with Gasteiger partial charge in [0.05, 0.1) is 18.1 Å². The number of morpholine rings is 1. The maximum Gasteiger partial charge on any atom is 0.264 e. The Bertz CT molecular complexity index is 673. The van der Waals surface area contributed by atoms with E-state index in [2.05, 4.69) is 17.9 Å². The summed E-state index contributed by atoms with van der Waals surface area (Å²) < 4.78 is 5.34. The lowest BCUT2D eigenvalue weighted by molar-refractivity contribution is -0.137. The molecule has 0 saturated carbocycles. The van der Waals surface area contributed by atoms with Gasteiger partial charge >= 0.3 is 0 Å². The zero-order valence-corrected chi connectivity index (χ0v) is 16.4. The number of fused-ring (bicyclic) bond motifs is 1. The van der Waals surface area contributed by atoms with Crippen LogP contribution in [0.15, 0.2) is 6.07 Å². The topological polar surface area (TPSA) is 49.9 Å². The van der Waals surface area contributed by atoms with Gasteiger partial charge in [-0.1, -0.05) is 6.92 Å². The fraction of sp³-hybridized carbons (Fsp3) is 0.700. The van der Waals surface area contributed by atoms with Gasteiger partial charge in [0.25, 0.3) is 5.91 Å². The summed E-state index contributed by atoms with van der Waals surface area (Å²) in [6.07, 6.45) is 4.90. The number of hydrogen-bond acceptors (Lipinski definition) is 4. The molecule has 3 heterocycles. The molecule has 2 saturated heterocycles. The molecule has 1 aromatic heterocycles. The fourth-order valence-electron chi connectivity index (χ4n) is 4.25. The van der Waals surface area contributed by atoms with Crippen molar-refractivity contribution in [3.05, 3.63) is 21.4 Å². The summed E-state index contributed by atoms with van der Waals surface area (Å²) >= 11 is 1.63. The standard InChI is InChI=1S/C20H28N2O3S/c1-14-4-6-21(7-5-14)19(23)15-2-3-17-16(12-15)13-18(26-17)20(24)22-8-10-25-11-9-22/h13-15H,2-12H2,1H3. The van der Waals surface area contributed by atoms with Gasteiger partial charge in [-0.3, -0.25) is 9.59 Å². The molecule has 0 spiro atoms. The number of ether oxygens (including phenoxy) is 1. The van der Waals surface area contributed by atoms with Crippen LogP contribution in [0.2, 0.25) is 0 Å². The van der Waals surface area contributed by atoms with Crippen molar-refractivity contribution in [2.45, 2.75) is 39.0 Å². The van der Waals surface area contributed by atoms with Crippen molar-refractivity contribution < 1.29 is 14.3 Å². The molecule has 1 unspecified atom stereocenters. The zero-order valence-electron chi connectivity index (χ0n) is 15.5. The second-order valence-electron chi connectivity index (χ2n) is 7.91. The third-order valence-electron chi connectivity index (χ3n) is 6.04. The molecule has 4 rings (SSSR count). The minimum Gasteiger partial charge on any atom is -0.378 e. The van der Waals surface area contributed by atoms with Crippen LogP contribution in [0.25, 0.3) is 0 Å². The summed E-state index contributed by atoms with van der Waals surface area (Å²) in [4.78, 5) is 31.7. The van der Waals surface area contributed by atoms with E-state index in [4.69, 9.17) is 4.74 Å². The number of carbonyl (C=O) groups is 2. The van der Waals surface area contributed by atoms with Crippen LogP contribution < -0.4 is 0 Å². The average molecular weight is 377 g/mol. The van der Waals surface area contributed by atoms with E-state index in [1.54, 1.807) is 11.3 Å². The van der Waals surface area contributed by atoms with Gasteiger partial charge in [-0.05, 0) is 49.7 Å².